The first-order valence-electron chi connectivity index (χ1n) is 4.64. The Labute approximate surface area is 94.2 Å². The van der Waals surface area contributed by atoms with Crippen LogP contribution in [0.25, 0.3) is 6.08 Å². The summed E-state index contributed by atoms with van der Waals surface area (Å²) in [5.74, 6) is 0. The van der Waals surface area contributed by atoms with Gasteiger partial charge in [-0.25, -0.2) is 0 Å². The third-order valence-corrected chi connectivity index (χ3v) is 3.42. The van der Waals surface area contributed by atoms with E-state index in [0.29, 0.717) is 3.92 Å². The van der Waals surface area contributed by atoms with Gasteiger partial charge in [-0.15, -0.1) is 0 Å². The van der Waals surface area contributed by atoms with Crippen molar-refractivity contribution in [1.82, 2.24) is 0 Å². The fourth-order valence-corrected chi connectivity index (χ4v) is 2.30. The molecule has 1 unspecified atom stereocenters. The fraction of sp³-hybridized carbons (Fsp3) is 0.333. The Morgan fingerprint density at radius 3 is 2.46 bits per heavy atom. The molecule has 0 aliphatic heterocycles. The van der Waals surface area contributed by atoms with Crippen LogP contribution in [0.5, 0.6) is 0 Å². The average Bonchev–Trinajstić information content (AvgIpc) is 2.18. The van der Waals surface area contributed by atoms with Crippen LogP contribution in [-0.4, -0.2) is 0 Å². The van der Waals surface area contributed by atoms with Crippen LogP contribution in [0.4, 0.5) is 0 Å². The van der Waals surface area contributed by atoms with E-state index in [1.165, 1.54) is 24.0 Å². The van der Waals surface area contributed by atoms with Gasteiger partial charge in [-0.2, -0.15) is 0 Å². The van der Waals surface area contributed by atoms with Crippen molar-refractivity contribution in [3.05, 3.63) is 42.0 Å². The maximum atomic E-state index is 3.74. The average molecular weight is 286 g/mol. The third-order valence-electron chi connectivity index (χ3n) is 2.08. The second kappa shape index (κ2) is 5.43. The summed E-state index contributed by atoms with van der Waals surface area (Å²) in [7, 11) is 0. The summed E-state index contributed by atoms with van der Waals surface area (Å²) < 4.78 is 0.654. The minimum absolute atomic E-state index is 0.654. The molecule has 0 aliphatic carbocycles. The third kappa shape index (κ3) is 3.14. The van der Waals surface area contributed by atoms with Gasteiger partial charge in [0.1, 0.15) is 0 Å². The van der Waals surface area contributed by atoms with Gasteiger partial charge in [0.15, 0.2) is 0 Å². The first-order chi connectivity index (χ1) is 6.27. The molecule has 0 aliphatic rings. The van der Waals surface area contributed by atoms with Gasteiger partial charge in [0.25, 0.3) is 0 Å². The zero-order valence-electron chi connectivity index (χ0n) is 7.96. The SMILES string of the molecule is C=Cc1ccc(C(I)CCC)cc1. The van der Waals surface area contributed by atoms with Gasteiger partial charge in [0.2, 0.25) is 0 Å². The molecule has 0 spiro atoms. The predicted molar refractivity (Wildman–Crippen MR) is 68.2 cm³/mol. The molecule has 1 aromatic rings. The Morgan fingerprint density at radius 1 is 1.38 bits per heavy atom. The van der Waals surface area contributed by atoms with Crippen LogP contribution in [0.3, 0.4) is 0 Å². The van der Waals surface area contributed by atoms with E-state index >= 15 is 0 Å². The van der Waals surface area contributed by atoms with Crippen molar-refractivity contribution in [2.24, 2.45) is 0 Å². The molecular formula is C12H15I. The van der Waals surface area contributed by atoms with Gasteiger partial charge in [-0.3, -0.25) is 0 Å². The molecule has 1 aromatic carbocycles. The van der Waals surface area contributed by atoms with Crippen molar-refractivity contribution in [3.63, 3.8) is 0 Å². The van der Waals surface area contributed by atoms with Crippen molar-refractivity contribution < 1.29 is 0 Å². The van der Waals surface area contributed by atoms with E-state index < -0.39 is 0 Å². The molecule has 0 radical (unpaired) electrons. The first-order valence-corrected chi connectivity index (χ1v) is 5.89. The van der Waals surface area contributed by atoms with Gasteiger partial charge in [0, 0.05) is 3.92 Å². The van der Waals surface area contributed by atoms with E-state index in [-0.39, 0.29) is 0 Å². The summed E-state index contributed by atoms with van der Waals surface area (Å²) >= 11 is 2.51. The van der Waals surface area contributed by atoms with E-state index in [2.05, 4.69) is 60.4 Å². The molecular weight excluding hydrogens is 271 g/mol. The summed E-state index contributed by atoms with van der Waals surface area (Å²) in [4.78, 5) is 0. The molecule has 0 saturated heterocycles. The van der Waals surface area contributed by atoms with Gasteiger partial charge in [0.05, 0.1) is 0 Å². The molecule has 0 amide bonds. The Kier molecular flexibility index (Phi) is 4.50. The van der Waals surface area contributed by atoms with Gasteiger partial charge in [-0.05, 0) is 17.5 Å². The number of alkyl halides is 1. The second-order valence-corrected chi connectivity index (χ2v) is 4.63. The van der Waals surface area contributed by atoms with Crippen LogP contribution in [0.1, 0.15) is 34.8 Å². The Bertz CT molecular complexity index is 261. The number of hydrogen-bond acceptors (Lipinski definition) is 0. The molecule has 0 saturated carbocycles. The summed E-state index contributed by atoms with van der Waals surface area (Å²) in [6.07, 6.45) is 4.39. The number of benzene rings is 1. The fourth-order valence-electron chi connectivity index (χ4n) is 1.26. The minimum atomic E-state index is 0.654. The molecule has 1 rings (SSSR count). The van der Waals surface area contributed by atoms with Crippen molar-refractivity contribution in [1.29, 1.82) is 0 Å². The Morgan fingerprint density at radius 2 is 2.00 bits per heavy atom. The smallest absolute Gasteiger partial charge is 0.0359 e. The Hall–Kier alpha value is -0.310. The van der Waals surface area contributed by atoms with Crippen LogP contribution < -0.4 is 0 Å². The number of halogens is 1. The van der Waals surface area contributed by atoms with E-state index in [1.54, 1.807) is 0 Å². The van der Waals surface area contributed by atoms with Crippen molar-refractivity contribution in [3.8, 4) is 0 Å². The highest BCUT2D eigenvalue weighted by Gasteiger charge is 2.04. The van der Waals surface area contributed by atoms with Crippen LogP contribution in [0, 0.1) is 0 Å². The highest BCUT2D eigenvalue weighted by Crippen LogP contribution is 2.28. The standard InChI is InChI=1S/C12H15I/c1-3-5-12(13)11-8-6-10(4-2)7-9-11/h4,6-9,12H,2-3,5H2,1H3. The lowest BCUT2D eigenvalue weighted by atomic mass is 10.1. The summed E-state index contributed by atoms with van der Waals surface area (Å²) in [5, 5.41) is 0. The lowest BCUT2D eigenvalue weighted by Crippen LogP contribution is -1.88. The molecule has 0 heterocycles. The minimum Gasteiger partial charge on any atom is -0.0985 e. The highest BCUT2D eigenvalue weighted by molar-refractivity contribution is 14.1. The lowest BCUT2D eigenvalue weighted by Gasteiger charge is -2.08. The van der Waals surface area contributed by atoms with Crippen LogP contribution in [0.2, 0.25) is 0 Å². The zero-order valence-corrected chi connectivity index (χ0v) is 10.1. The van der Waals surface area contributed by atoms with Gasteiger partial charge in [-0.1, -0.05) is 72.9 Å². The van der Waals surface area contributed by atoms with E-state index in [9.17, 15) is 0 Å². The topological polar surface area (TPSA) is 0 Å². The quantitative estimate of drug-likeness (QED) is 0.560. The molecule has 70 valence electrons. The molecule has 0 bridgehead atoms. The normalized spacial score (nSPS) is 12.5. The van der Waals surface area contributed by atoms with Crippen LogP contribution >= 0.6 is 22.6 Å². The molecule has 0 N–H and O–H groups in total. The largest absolute Gasteiger partial charge is 0.0985 e. The molecule has 0 fully saturated rings. The molecule has 0 nitrogen and oxygen atoms in total. The summed E-state index contributed by atoms with van der Waals surface area (Å²) in [6, 6.07) is 8.65. The second-order valence-electron chi connectivity index (χ2n) is 3.13. The van der Waals surface area contributed by atoms with Crippen LogP contribution in [-0.2, 0) is 0 Å². The molecule has 1 atom stereocenters. The molecule has 13 heavy (non-hydrogen) atoms. The maximum absolute atomic E-state index is 3.74. The molecule has 0 aromatic heterocycles. The Balaban J connectivity index is 2.73. The monoisotopic (exact) mass is 286 g/mol. The maximum Gasteiger partial charge on any atom is 0.0359 e. The summed E-state index contributed by atoms with van der Waals surface area (Å²) in [5.41, 5.74) is 2.62. The predicted octanol–water partition coefficient (Wildman–Crippen LogP) is 4.61. The van der Waals surface area contributed by atoms with E-state index in [0.717, 1.165) is 0 Å². The van der Waals surface area contributed by atoms with Crippen molar-refractivity contribution in [2.45, 2.75) is 23.7 Å². The first kappa shape index (κ1) is 10.8. The molecule has 1 heteroatoms. The highest BCUT2D eigenvalue weighted by atomic mass is 127. The number of rotatable bonds is 4. The van der Waals surface area contributed by atoms with Crippen molar-refractivity contribution >= 4 is 28.7 Å². The van der Waals surface area contributed by atoms with E-state index in [1.807, 2.05) is 6.08 Å². The zero-order chi connectivity index (χ0) is 9.68. The van der Waals surface area contributed by atoms with Crippen LogP contribution in [0.15, 0.2) is 30.8 Å². The van der Waals surface area contributed by atoms with Crippen molar-refractivity contribution in [2.75, 3.05) is 0 Å². The van der Waals surface area contributed by atoms with E-state index in [4.69, 9.17) is 0 Å². The van der Waals surface area contributed by atoms with Gasteiger partial charge >= 0.3 is 0 Å². The lowest BCUT2D eigenvalue weighted by molar-refractivity contribution is 0.799. The van der Waals surface area contributed by atoms with Gasteiger partial charge < -0.3 is 0 Å². The number of hydrogen-bond donors (Lipinski definition) is 0. The summed E-state index contributed by atoms with van der Waals surface area (Å²) in [6.45, 7) is 5.97.